The lowest BCUT2D eigenvalue weighted by molar-refractivity contribution is 0.374. The monoisotopic (exact) mass is 385 g/mol. The van der Waals surface area contributed by atoms with Crippen LogP contribution in [0.15, 0.2) is 0 Å². The zero-order valence-electron chi connectivity index (χ0n) is 15.1. The molecule has 0 aliphatic heterocycles. The van der Waals surface area contributed by atoms with Crippen LogP contribution in [0, 0.1) is 0 Å². The van der Waals surface area contributed by atoms with Crippen molar-refractivity contribution < 1.29 is 23.8 Å². The molecule has 24 heavy (non-hydrogen) atoms. The van der Waals surface area contributed by atoms with Gasteiger partial charge in [-0.1, -0.05) is 64.7 Å². The number of unbranched alkanes of at least 4 members (excludes halogenated alkanes) is 8. The summed E-state index contributed by atoms with van der Waals surface area (Å²) < 4.78 is 23.6. The molecule has 146 valence electrons. The Kier molecular flexibility index (Phi) is 13.7. The van der Waals surface area contributed by atoms with Crippen LogP contribution in [0.5, 0.6) is 0 Å². The van der Waals surface area contributed by atoms with Crippen molar-refractivity contribution >= 4 is 15.0 Å². The van der Waals surface area contributed by atoms with E-state index in [0.29, 0.717) is 19.4 Å². The van der Waals surface area contributed by atoms with Crippen LogP contribution in [0.1, 0.15) is 84.0 Å². The van der Waals surface area contributed by atoms with Gasteiger partial charge in [-0.25, -0.2) is 0 Å². The summed E-state index contributed by atoms with van der Waals surface area (Å²) in [4.78, 5) is 28.3. The van der Waals surface area contributed by atoms with E-state index in [-0.39, 0.29) is 0 Å². The number of nitrogens with two attached hydrogens (primary N) is 1. The van der Waals surface area contributed by atoms with Crippen molar-refractivity contribution in [2.24, 2.45) is 5.73 Å². The van der Waals surface area contributed by atoms with Gasteiger partial charge < -0.3 is 20.4 Å². The molecule has 5 N–H and O–H groups in total. The van der Waals surface area contributed by atoms with E-state index in [1.165, 1.54) is 25.7 Å². The standard InChI is InChI=1S/C16H37NO5P2/c1-2-3-4-5-6-7-9-12-16(13-10-8-11-14-17)23(18,19)15-24(20,21)22/h16H,2-15,17H2,1H3,(H,18,19)(H2,20,21,22). The summed E-state index contributed by atoms with van der Waals surface area (Å²) in [6.45, 7) is 2.77. The van der Waals surface area contributed by atoms with E-state index in [2.05, 4.69) is 6.92 Å². The Morgan fingerprint density at radius 2 is 1.25 bits per heavy atom. The quantitative estimate of drug-likeness (QED) is 0.230. The molecule has 0 aromatic rings. The van der Waals surface area contributed by atoms with Crippen LogP contribution < -0.4 is 5.73 Å². The van der Waals surface area contributed by atoms with Gasteiger partial charge >= 0.3 is 7.60 Å². The van der Waals surface area contributed by atoms with Gasteiger partial charge in [-0.05, 0) is 25.8 Å². The van der Waals surface area contributed by atoms with Gasteiger partial charge in [-0.15, -0.1) is 0 Å². The van der Waals surface area contributed by atoms with E-state index >= 15 is 0 Å². The Hall–Kier alpha value is 0.300. The molecular weight excluding hydrogens is 348 g/mol. The molecule has 0 heterocycles. The molecule has 0 fully saturated rings. The molecule has 0 aromatic carbocycles. The predicted octanol–water partition coefficient (Wildman–Crippen LogP) is 4.42. The highest BCUT2D eigenvalue weighted by Gasteiger charge is 2.36. The van der Waals surface area contributed by atoms with Crippen molar-refractivity contribution in [2.75, 3.05) is 12.4 Å². The van der Waals surface area contributed by atoms with E-state index in [1.807, 2.05) is 0 Å². The van der Waals surface area contributed by atoms with Crippen molar-refractivity contribution in [1.29, 1.82) is 0 Å². The summed E-state index contributed by atoms with van der Waals surface area (Å²) in [6, 6.07) is 0. The minimum Gasteiger partial charge on any atom is -0.344 e. The van der Waals surface area contributed by atoms with E-state index in [1.54, 1.807) is 0 Å². The van der Waals surface area contributed by atoms with Gasteiger partial charge in [0.25, 0.3) is 0 Å². The van der Waals surface area contributed by atoms with Crippen LogP contribution in [0.3, 0.4) is 0 Å². The normalized spacial score (nSPS) is 16.0. The third kappa shape index (κ3) is 13.6. The highest BCUT2D eigenvalue weighted by atomic mass is 31.2. The van der Waals surface area contributed by atoms with Crippen LogP contribution in [0.2, 0.25) is 0 Å². The van der Waals surface area contributed by atoms with Crippen molar-refractivity contribution in [2.45, 2.75) is 89.6 Å². The van der Waals surface area contributed by atoms with Gasteiger partial charge in [0.2, 0.25) is 7.37 Å². The van der Waals surface area contributed by atoms with Crippen LogP contribution in [0.25, 0.3) is 0 Å². The Morgan fingerprint density at radius 1 is 0.792 bits per heavy atom. The van der Waals surface area contributed by atoms with Crippen molar-refractivity contribution in [3.05, 3.63) is 0 Å². The number of hydrogen-bond acceptors (Lipinski definition) is 3. The minimum absolute atomic E-state index is 0.501. The number of hydrogen-bond donors (Lipinski definition) is 4. The van der Waals surface area contributed by atoms with Gasteiger partial charge in [0, 0.05) is 5.66 Å². The molecule has 2 unspecified atom stereocenters. The SMILES string of the molecule is CCCCCCCCCC(CCCCCN)P(=O)(O)CP(=O)(O)O. The second kappa shape index (κ2) is 13.5. The first-order valence-electron chi connectivity index (χ1n) is 9.29. The minimum atomic E-state index is -4.48. The first-order chi connectivity index (χ1) is 11.2. The van der Waals surface area contributed by atoms with Crippen LogP contribution in [-0.4, -0.2) is 32.8 Å². The fourth-order valence-corrected chi connectivity index (χ4v) is 7.17. The van der Waals surface area contributed by atoms with Gasteiger partial charge in [0.05, 0.1) is 0 Å². The Bertz CT molecular complexity index is 400. The molecule has 0 aliphatic rings. The molecule has 0 radical (unpaired) electrons. The van der Waals surface area contributed by atoms with Gasteiger partial charge in [0.15, 0.2) is 0 Å². The maximum absolute atomic E-state index is 12.4. The maximum atomic E-state index is 12.4. The highest BCUT2D eigenvalue weighted by molar-refractivity contribution is 7.73. The smallest absolute Gasteiger partial charge is 0.335 e. The molecule has 0 bridgehead atoms. The summed E-state index contributed by atoms with van der Waals surface area (Å²) in [7, 11) is -8.31. The third-order valence-corrected chi connectivity index (χ3v) is 9.09. The summed E-state index contributed by atoms with van der Waals surface area (Å²) in [5, 5.41) is 0. The topological polar surface area (TPSA) is 121 Å². The Morgan fingerprint density at radius 3 is 1.71 bits per heavy atom. The number of rotatable bonds is 16. The largest absolute Gasteiger partial charge is 0.344 e. The Balaban J connectivity index is 4.36. The fraction of sp³-hybridized carbons (Fsp3) is 1.00. The third-order valence-electron chi connectivity index (χ3n) is 4.34. The second-order valence-corrected chi connectivity index (χ2v) is 11.5. The van der Waals surface area contributed by atoms with Crippen LogP contribution >= 0.6 is 15.0 Å². The summed E-state index contributed by atoms with van der Waals surface area (Å²) in [6.07, 6.45) is 11.5. The van der Waals surface area contributed by atoms with Crippen molar-refractivity contribution in [3.8, 4) is 0 Å². The molecule has 0 aliphatic carbocycles. The summed E-state index contributed by atoms with van der Waals surface area (Å²) in [5.41, 5.74) is 4.95. The summed E-state index contributed by atoms with van der Waals surface area (Å²) >= 11 is 0. The van der Waals surface area contributed by atoms with Gasteiger partial charge in [0.1, 0.15) is 5.90 Å². The molecule has 0 rings (SSSR count). The van der Waals surface area contributed by atoms with E-state index in [9.17, 15) is 14.0 Å². The predicted molar refractivity (Wildman–Crippen MR) is 101 cm³/mol. The molecule has 0 spiro atoms. The molecule has 0 saturated heterocycles. The maximum Gasteiger partial charge on any atom is 0.335 e. The summed E-state index contributed by atoms with van der Waals surface area (Å²) in [5.74, 6) is -0.891. The lowest BCUT2D eigenvalue weighted by atomic mass is 10.0. The van der Waals surface area contributed by atoms with Gasteiger partial charge in [-0.3, -0.25) is 9.13 Å². The highest BCUT2D eigenvalue weighted by Crippen LogP contribution is 2.59. The Labute approximate surface area is 147 Å². The van der Waals surface area contributed by atoms with Crippen molar-refractivity contribution in [3.63, 3.8) is 0 Å². The average molecular weight is 385 g/mol. The molecule has 0 aromatic heterocycles. The molecule has 2 atom stereocenters. The van der Waals surface area contributed by atoms with Crippen molar-refractivity contribution in [1.82, 2.24) is 0 Å². The van der Waals surface area contributed by atoms with E-state index in [4.69, 9.17) is 15.5 Å². The molecule has 0 saturated carbocycles. The van der Waals surface area contributed by atoms with Gasteiger partial charge in [-0.2, -0.15) is 0 Å². The molecule has 8 heteroatoms. The molecule has 6 nitrogen and oxygen atoms in total. The van der Waals surface area contributed by atoms with E-state index in [0.717, 1.165) is 38.5 Å². The second-order valence-electron chi connectivity index (χ2n) is 6.76. The van der Waals surface area contributed by atoms with E-state index < -0.39 is 26.5 Å². The lowest BCUT2D eigenvalue weighted by Crippen LogP contribution is -2.12. The first-order valence-corrected chi connectivity index (χ1v) is 13.0. The fourth-order valence-electron chi connectivity index (χ4n) is 2.97. The lowest BCUT2D eigenvalue weighted by Gasteiger charge is -2.23. The zero-order chi connectivity index (χ0) is 18.5. The molecular formula is C16H37NO5P2. The van der Waals surface area contributed by atoms with Crippen LogP contribution in [-0.2, 0) is 9.13 Å². The average Bonchev–Trinajstić information content (AvgIpc) is 2.45. The van der Waals surface area contributed by atoms with Crippen LogP contribution in [0.4, 0.5) is 0 Å². The zero-order valence-corrected chi connectivity index (χ0v) is 16.9. The first kappa shape index (κ1) is 24.3. The molecule has 0 amide bonds.